The Kier molecular flexibility index (Phi) is 5.20. The summed E-state index contributed by atoms with van der Waals surface area (Å²) in [7, 11) is -4.05. The van der Waals surface area contributed by atoms with Crippen molar-refractivity contribution in [2.24, 2.45) is 5.92 Å². The molecule has 0 radical (unpaired) electrons. The number of carbonyl (C=O) groups is 1. The molecule has 1 heterocycles. The van der Waals surface area contributed by atoms with Gasteiger partial charge in [0.1, 0.15) is 0 Å². The smallest absolute Gasteiger partial charge is 0.268 e. The highest BCUT2D eigenvalue weighted by atomic mass is 35.5. The molecule has 10 heteroatoms. The Morgan fingerprint density at radius 2 is 1.83 bits per heavy atom. The van der Waals surface area contributed by atoms with Crippen molar-refractivity contribution in [2.45, 2.75) is 37.1 Å². The lowest BCUT2D eigenvalue weighted by Gasteiger charge is -2.29. The normalized spacial score (nSPS) is 22.6. The summed E-state index contributed by atoms with van der Waals surface area (Å²) in [5, 5.41) is -0.849. The Bertz CT molecular complexity index is 686. The van der Waals surface area contributed by atoms with Crippen LogP contribution in [0.25, 0.3) is 0 Å². The van der Waals surface area contributed by atoms with Crippen LogP contribution in [0.5, 0.6) is 0 Å². The zero-order valence-corrected chi connectivity index (χ0v) is 13.4. The van der Waals surface area contributed by atoms with Crippen LogP contribution in [-0.4, -0.2) is 30.7 Å². The third-order valence-electron chi connectivity index (χ3n) is 3.78. The predicted octanol–water partition coefficient (Wildman–Crippen LogP) is 2.92. The Hall–Kier alpha value is -1.35. The molecule has 0 unspecified atom stereocenters. The Morgan fingerprint density at radius 1 is 1.22 bits per heavy atom. The number of pyridine rings is 1. The lowest BCUT2D eigenvalue weighted by atomic mass is 9.88. The maximum absolute atomic E-state index is 12.6. The highest BCUT2D eigenvalue weighted by Gasteiger charge is 2.43. The van der Waals surface area contributed by atoms with Gasteiger partial charge in [-0.25, -0.2) is 13.1 Å². The van der Waals surface area contributed by atoms with Gasteiger partial charge in [0, 0.05) is 12.4 Å². The van der Waals surface area contributed by atoms with Crippen LogP contribution < -0.4 is 4.72 Å². The van der Waals surface area contributed by atoms with Gasteiger partial charge in [0.25, 0.3) is 5.91 Å². The van der Waals surface area contributed by atoms with E-state index in [9.17, 15) is 26.4 Å². The number of amides is 1. The highest BCUT2D eigenvalue weighted by Crippen LogP contribution is 2.39. The van der Waals surface area contributed by atoms with Gasteiger partial charge in [0.2, 0.25) is 10.0 Å². The summed E-state index contributed by atoms with van der Waals surface area (Å²) in [5.41, 5.74) is -0.0370. The minimum absolute atomic E-state index is 0.0370. The fourth-order valence-corrected chi connectivity index (χ4v) is 4.12. The standard InChI is InChI=1S/C13H14ClF3N2O3S/c14-10-5-8(6-18-7-10)12(20)19-23(21,22)11-3-1-9(2-4-11)13(15,16)17/h5-7,9,11H,1-4H2,(H,19,20). The molecule has 0 saturated heterocycles. The van der Waals surface area contributed by atoms with Gasteiger partial charge < -0.3 is 0 Å². The van der Waals surface area contributed by atoms with E-state index in [1.54, 1.807) is 0 Å². The summed E-state index contributed by atoms with van der Waals surface area (Å²) in [4.78, 5) is 15.6. The van der Waals surface area contributed by atoms with Crippen molar-refractivity contribution in [1.29, 1.82) is 0 Å². The molecule has 0 spiro atoms. The van der Waals surface area contributed by atoms with Crippen molar-refractivity contribution in [3.05, 3.63) is 29.0 Å². The first-order valence-electron chi connectivity index (χ1n) is 6.83. The average Bonchev–Trinajstić information content (AvgIpc) is 2.46. The number of rotatable bonds is 3. The maximum atomic E-state index is 12.6. The molecular weight excluding hydrogens is 357 g/mol. The van der Waals surface area contributed by atoms with Gasteiger partial charge in [-0.1, -0.05) is 11.6 Å². The van der Waals surface area contributed by atoms with Crippen molar-refractivity contribution < 1.29 is 26.4 Å². The molecular formula is C13H14ClF3N2O3S. The van der Waals surface area contributed by atoms with E-state index in [1.165, 1.54) is 12.3 Å². The number of alkyl halides is 3. The lowest BCUT2D eigenvalue weighted by molar-refractivity contribution is -0.181. The molecule has 0 aliphatic heterocycles. The van der Waals surface area contributed by atoms with Crippen molar-refractivity contribution in [3.8, 4) is 0 Å². The summed E-state index contributed by atoms with van der Waals surface area (Å²) in [6.07, 6.45) is -2.68. The van der Waals surface area contributed by atoms with E-state index in [0.29, 0.717) is 0 Å². The first-order chi connectivity index (χ1) is 10.6. The summed E-state index contributed by atoms with van der Waals surface area (Å²) in [6, 6.07) is 1.25. The molecule has 1 amide bonds. The summed E-state index contributed by atoms with van der Waals surface area (Å²) in [5.74, 6) is -2.39. The molecule has 1 aliphatic rings. The van der Waals surface area contributed by atoms with Crippen molar-refractivity contribution in [1.82, 2.24) is 9.71 Å². The molecule has 23 heavy (non-hydrogen) atoms. The van der Waals surface area contributed by atoms with Crippen molar-refractivity contribution in [3.63, 3.8) is 0 Å². The van der Waals surface area contributed by atoms with Gasteiger partial charge in [0.05, 0.1) is 21.8 Å². The number of nitrogens with zero attached hydrogens (tertiary/aromatic N) is 1. The third kappa shape index (κ3) is 4.57. The summed E-state index contributed by atoms with van der Waals surface area (Å²) in [6.45, 7) is 0. The van der Waals surface area contributed by atoms with E-state index >= 15 is 0 Å². The number of sulfonamides is 1. The molecule has 0 aromatic carbocycles. The number of halogens is 4. The summed E-state index contributed by atoms with van der Waals surface area (Å²) < 4.78 is 64.0. The van der Waals surface area contributed by atoms with Crippen molar-refractivity contribution >= 4 is 27.5 Å². The average molecular weight is 371 g/mol. The molecule has 1 N–H and O–H groups in total. The number of nitrogens with one attached hydrogen (secondary N) is 1. The van der Waals surface area contributed by atoms with Gasteiger partial charge in [0.15, 0.2) is 0 Å². The molecule has 5 nitrogen and oxygen atoms in total. The Morgan fingerprint density at radius 3 is 2.35 bits per heavy atom. The predicted molar refractivity (Wildman–Crippen MR) is 77.4 cm³/mol. The van der Waals surface area contributed by atoms with E-state index in [1.807, 2.05) is 4.72 Å². The van der Waals surface area contributed by atoms with E-state index in [4.69, 9.17) is 11.6 Å². The quantitative estimate of drug-likeness (QED) is 0.887. The van der Waals surface area contributed by atoms with Gasteiger partial charge in [-0.3, -0.25) is 9.78 Å². The minimum atomic E-state index is -4.32. The maximum Gasteiger partial charge on any atom is 0.391 e. The fourth-order valence-electron chi connectivity index (χ4n) is 2.51. The van der Waals surface area contributed by atoms with Gasteiger partial charge in [-0.2, -0.15) is 13.2 Å². The topological polar surface area (TPSA) is 76.1 Å². The van der Waals surface area contributed by atoms with Crippen LogP contribution in [0.4, 0.5) is 13.2 Å². The van der Waals surface area contributed by atoms with Crippen LogP contribution >= 0.6 is 11.6 Å². The Balaban J connectivity index is 2.02. The largest absolute Gasteiger partial charge is 0.391 e. The first-order valence-corrected chi connectivity index (χ1v) is 8.75. The monoisotopic (exact) mass is 370 g/mol. The molecule has 1 fully saturated rings. The van der Waals surface area contributed by atoms with E-state index in [2.05, 4.69) is 4.98 Å². The fraction of sp³-hybridized carbons (Fsp3) is 0.538. The molecule has 1 saturated carbocycles. The third-order valence-corrected chi connectivity index (χ3v) is 5.80. The second-order valence-corrected chi connectivity index (χ2v) is 7.78. The van der Waals surface area contributed by atoms with E-state index in [-0.39, 0.29) is 36.3 Å². The van der Waals surface area contributed by atoms with Crippen LogP contribution in [-0.2, 0) is 10.0 Å². The molecule has 2 rings (SSSR count). The zero-order chi connectivity index (χ0) is 17.3. The van der Waals surface area contributed by atoms with Crippen LogP contribution in [0, 0.1) is 5.92 Å². The van der Waals surface area contributed by atoms with Crippen LogP contribution in [0.15, 0.2) is 18.5 Å². The molecule has 0 bridgehead atoms. The molecule has 0 atom stereocenters. The molecule has 128 valence electrons. The molecule has 1 aliphatic carbocycles. The summed E-state index contributed by atoms with van der Waals surface area (Å²) >= 11 is 5.67. The number of aromatic nitrogens is 1. The first kappa shape index (κ1) is 18.0. The molecule has 1 aromatic rings. The van der Waals surface area contributed by atoms with E-state index < -0.39 is 33.3 Å². The van der Waals surface area contributed by atoms with Gasteiger partial charge >= 0.3 is 6.18 Å². The van der Waals surface area contributed by atoms with E-state index in [0.717, 1.165) is 6.20 Å². The highest BCUT2D eigenvalue weighted by molar-refractivity contribution is 7.90. The van der Waals surface area contributed by atoms with Gasteiger partial charge in [-0.05, 0) is 31.7 Å². The minimum Gasteiger partial charge on any atom is -0.268 e. The number of hydrogen-bond donors (Lipinski definition) is 1. The zero-order valence-electron chi connectivity index (χ0n) is 11.8. The van der Waals surface area contributed by atoms with Gasteiger partial charge in [-0.15, -0.1) is 0 Å². The number of carbonyl (C=O) groups excluding carboxylic acids is 1. The Labute approximate surface area is 136 Å². The van der Waals surface area contributed by atoms with Crippen LogP contribution in [0.3, 0.4) is 0 Å². The second-order valence-electron chi connectivity index (χ2n) is 5.38. The second kappa shape index (κ2) is 6.64. The van der Waals surface area contributed by atoms with Crippen LogP contribution in [0.1, 0.15) is 36.0 Å². The number of hydrogen-bond acceptors (Lipinski definition) is 4. The molecule has 1 aromatic heterocycles. The SMILES string of the molecule is O=C(NS(=O)(=O)C1CCC(C(F)(F)F)CC1)c1cncc(Cl)c1. The lowest BCUT2D eigenvalue weighted by Crippen LogP contribution is -2.41. The van der Waals surface area contributed by atoms with Crippen molar-refractivity contribution in [2.75, 3.05) is 0 Å². The van der Waals surface area contributed by atoms with Crippen LogP contribution in [0.2, 0.25) is 5.02 Å².